The van der Waals surface area contributed by atoms with Crippen molar-refractivity contribution < 1.29 is 4.39 Å². The summed E-state index contributed by atoms with van der Waals surface area (Å²) in [6, 6.07) is 11.2. The number of fused-ring (bicyclic) bond motifs is 3. The van der Waals surface area contributed by atoms with Gasteiger partial charge in [-0.2, -0.15) is 0 Å². The number of aromatic amines is 1. The third-order valence-corrected chi connectivity index (χ3v) is 5.40. The molecule has 5 heteroatoms. The number of nitrogens with one attached hydrogen (secondary N) is 2. The minimum Gasteiger partial charge on any atom is -0.357 e. The number of halogens is 3. The molecule has 0 saturated heterocycles. The standard InChI is InChI=1S/C17H13Br2FN2/c18-9-1-3-14(19)13(7-9)16-17-11(5-6-21-16)12-8-10(20)2-4-15(12)22-17/h1-4,7-8,16,21-22H,5-6H2. The molecule has 0 radical (unpaired) electrons. The molecule has 0 fully saturated rings. The van der Waals surface area contributed by atoms with Gasteiger partial charge in [0.1, 0.15) is 5.82 Å². The minimum absolute atomic E-state index is 0.0751. The molecule has 0 bridgehead atoms. The lowest BCUT2D eigenvalue weighted by Gasteiger charge is -2.26. The Labute approximate surface area is 144 Å². The number of hydrogen-bond acceptors (Lipinski definition) is 1. The molecule has 0 amide bonds. The fraction of sp³-hybridized carbons (Fsp3) is 0.176. The average Bonchev–Trinajstić information content (AvgIpc) is 2.88. The van der Waals surface area contributed by atoms with E-state index in [1.54, 1.807) is 6.07 Å². The zero-order chi connectivity index (χ0) is 15.3. The summed E-state index contributed by atoms with van der Waals surface area (Å²) in [7, 11) is 0. The molecule has 1 unspecified atom stereocenters. The summed E-state index contributed by atoms with van der Waals surface area (Å²) in [5.41, 5.74) is 4.50. The van der Waals surface area contributed by atoms with Crippen molar-refractivity contribution in [2.24, 2.45) is 0 Å². The van der Waals surface area contributed by atoms with Gasteiger partial charge in [0.15, 0.2) is 0 Å². The van der Waals surface area contributed by atoms with Gasteiger partial charge in [-0.25, -0.2) is 4.39 Å². The quantitative estimate of drug-likeness (QED) is 0.562. The Kier molecular flexibility index (Phi) is 3.59. The van der Waals surface area contributed by atoms with Gasteiger partial charge in [0, 0.05) is 32.1 Å². The second-order valence-electron chi connectivity index (χ2n) is 5.51. The van der Waals surface area contributed by atoms with Crippen LogP contribution in [0.3, 0.4) is 0 Å². The number of H-pyrrole nitrogens is 1. The lowest BCUT2D eigenvalue weighted by atomic mass is 9.94. The van der Waals surface area contributed by atoms with E-state index in [1.165, 1.54) is 17.2 Å². The summed E-state index contributed by atoms with van der Waals surface area (Å²) in [5, 5.41) is 4.55. The highest BCUT2D eigenvalue weighted by Crippen LogP contribution is 2.37. The minimum atomic E-state index is -0.187. The lowest BCUT2D eigenvalue weighted by molar-refractivity contribution is 0.558. The molecule has 22 heavy (non-hydrogen) atoms. The third kappa shape index (κ3) is 2.32. The molecule has 2 N–H and O–H groups in total. The van der Waals surface area contributed by atoms with E-state index in [-0.39, 0.29) is 11.9 Å². The van der Waals surface area contributed by atoms with E-state index in [2.05, 4.69) is 48.2 Å². The first kappa shape index (κ1) is 14.4. The smallest absolute Gasteiger partial charge is 0.123 e. The topological polar surface area (TPSA) is 27.8 Å². The second-order valence-corrected chi connectivity index (χ2v) is 7.28. The van der Waals surface area contributed by atoms with Crippen molar-refractivity contribution in [3.05, 3.63) is 68.0 Å². The largest absolute Gasteiger partial charge is 0.357 e. The predicted molar refractivity (Wildman–Crippen MR) is 93.6 cm³/mol. The van der Waals surface area contributed by atoms with Crippen LogP contribution < -0.4 is 5.32 Å². The fourth-order valence-electron chi connectivity index (χ4n) is 3.20. The molecule has 0 saturated carbocycles. The van der Waals surface area contributed by atoms with Crippen molar-refractivity contribution in [3.63, 3.8) is 0 Å². The summed E-state index contributed by atoms with van der Waals surface area (Å²) < 4.78 is 15.7. The molecule has 1 atom stereocenters. The van der Waals surface area contributed by atoms with Gasteiger partial charge in [0.25, 0.3) is 0 Å². The average molecular weight is 424 g/mol. The highest BCUT2D eigenvalue weighted by atomic mass is 79.9. The van der Waals surface area contributed by atoms with Crippen LogP contribution in [-0.2, 0) is 6.42 Å². The van der Waals surface area contributed by atoms with Gasteiger partial charge in [-0.15, -0.1) is 0 Å². The van der Waals surface area contributed by atoms with Crippen LogP contribution in [0, 0.1) is 5.82 Å². The first-order valence-corrected chi connectivity index (χ1v) is 8.70. The Morgan fingerprint density at radius 3 is 2.82 bits per heavy atom. The zero-order valence-corrected chi connectivity index (χ0v) is 14.8. The van der Waals surface area contributed by atoms with Crippen LogP contribution in [0.15, 0.2) is 45.3 Å². The lowest BCUT2D eigenvalue weighted by Crippen LogP contribution is -2.30. The molecular weight excluding hydrogens is 411 g/mol. The molecular formula is C17H13Br2FN2. The van der Waals surface area contributed by atoms with Crippen LogP contribution in [0.2, 0.25) is 0 Å². The Morgan fingerprint density at radius 1 is 1.09 bits per heavy atom. The molecule has 1 aliphatic rings. The summed E-state index contributed by atoms with van der Waals surface area (Å²) >= 11 is 7.18. The number of hydrogen-bond donors (Lipinski definition) is 2. The molecule has 4 rings (SSSR count). The van der Waals surface area contributed by atoms with Gasteiger partial charge in [-0.05, 0) is 53.9 Å². The Bertz CT molecular complexity index is 872. The first-order valence-electron chi connectivity index (χ1n) is 7.12. The van der Waals surface area contributed by atoms with Crippen molar-refractivity contribution in [3.8, 4) is 0 Å². The summed E-state index contributed by atoms with van der Waals surface area (Å²) in [6.07, 6.45) is 0.904. The molecule has 112 valence electrons. The van der Waals surface area contributed by atoms with Gasteiger partial charge in [0.2, 0.25) is 0 Å². The van der Waals surface area contributed by atoms with Gasteiger partial charge >= 0.3 is 0 Å². The summed E-state index contributed by atoms with van der Waals surface area (Å²) in [4.78, 5) is 3.47. The first-order chi connectivity index (χ1) is 10.6. The molecule has 1 aliphatic heterocycles. The monoisotopic (exact) mass is 422 g/mol. The Balaban J connectivity index is 1.92. The SMILES string of the molecule is Fc1ccc2[nH]c3c(c2c1)CCNC3c1cc(Br)ccc1Br. The highest BCUT2D eigenvalue weighted by molar-refractivity contribution is 9.11. The van der Waals surface area contributed by atoms with Gasteiger partial charge < -0.3 is 10.3 Å². The van der Waals surface area contributed by atoms with Crippen molar-refractivity contribution in [1.29, 1.82) is 0 Å². The van der Waals surface area contributed by atoms with E-state index in [1.807, 2.05) is 18.2 Å². The molecule has 1 aromatic heterocycles. The molecule has 3 aromatic rings. The van der Waals surface area contributed by atoms with Gasteiger partial charge in [0.05, 0.1) is 6.04 Å². The van der Waals surface area contributed by atoms with Crippen molar-refractivity contribution in [2.45, 2.75) is 12.5 Å². The van der Waals surface area contributed by atoms with Gasteiger partial charge in [-0.3, -0.25) is 0 Å². The molecule has 0 spiro atoms. The molecule has 0 aliphatic carbocycles. The second kappa shape index (κ2) is 5.48. The number of rotatable bonds is 1. The van der Waals surface area contributed by atoms with Crippen molar-refractivity contribution >= 4 is 42.8 Å². The molecule has 2 aromatic carbocycles. The van der Waals surface area contributed by atoms with Crippen molar-refractivity contribution in [2.75, 3.05) is 6.54 Å². The Morgan fingerprint density at radius 2 is 1.95 bits per heavy atom. The predicted octanol–water partition coefficient (Wildman–Crippen LogP) is 5.07. The zero-order valence-electron chi connectivity index (χ0n) is 11.6. The maximum atomic E-state index is 13.6. The van der Waals surface area contributed by atoms with Crippen LogP contribution in [0.25, 0.3) is 10.9 Å². The van der Waals surface area contributed by atoms with Crippen LogP contribution in [0.5, 0.6) is 0 Å². The summed E-state index contributed by atoms with van der Waals surface area (Å²) in [6.45, 7) is 0.875. The maximum Gasteiger partial charge on any atom is 0.123 e. The third-order valence-electron chi connectivity index (χ3n) is 4.18. The number of aromatic nitrogens is 1. The van der Waals surface area contributed by atoms with E-state index in [0.29, 0.717) is 0 Å². The van der Waals surface area contributed by atoms with Crippen LogP contribution in [0.4, 0.5) is 4.39 Å². The van der Waals surface area contributed by atoms with E-state index < -0.39 is 0 Å². The fourth-order valence-corrected chi connectivity index (χ4v) is 4.06. The number of benzene rings is 2. The Hall–Kier alpha value is -1.17. The van der Waals surface area contributed by atoms with E-state index >= 15 is 0 Å². The van der Waals surface area contributed by atoms with Crippen LogP contribution >= 0.6 is 31.9 Å². The van der Waals surface area contributed by atoms with Gasteiger partial charge in [-0.1, -0.05) is 31.9 Å². The van der Waals surface area contributed by atoms with Crippen molar-refractivity contribution in [1.82, 2.24) is 10.3 Å². The summed E-state index contributed by atoms with van der Waals surface area (Å²) in [5.74, 6) is -0.187. The van der Waals surface area contributed by atoms with E-state index in [4.69, 9.17) is 0 Å². The molecule has 2 nitrogen and oxygen atoms in total. The normalized spacial score (nSPS) is 17.7. The van der Waals surface area contributed by atoms with E-state index in [9.17, 15) is 4.39 Å². The maximum absolute atomic E-state index is 13.6. The highest BCUT2D eigenvalue weighted by Gasteiger charge is 2.26. The van der Waals surface area contributed by atoms with Crippen LogP contribution in [0.1, 0.15) is 22.9 Å². The molecule has 2 heterocycles. The van der Waals surface area contributed by atoms with E-state index in [0.717, 1.165) is 38.5 Å². The van der Waals surface area contributed by atoms with Crippen LogP contribution in [-0.4, -0.2) is 11.5 Å².